The zero-order chi connectivity index (χ0) is 13.9. The van der Waals surface area contributed by atoms with Crippen LogP contribution in [-0.2, 0) is 23.2 Å². The lowest BCUT2D eigenvalue weighted by atomic mass is 10.3. The van der Waals surface area contributed by atoms with E-state index in [0.717, 1.165) is 0 Å². The van der Waals surface area contributed by atoms with Crippen LogP contribution >= 0.6 is 0 Å². The van der Waals surface area contributed by atoms with Gasteiger partial charge >= 0.3 is 0 Å². The van der Waals surface area contributed by atoms with E-state index < -0.39 is 16.6 Å². The molecule has 2 aromatic heterocycles. The number of aromatic nitrogens is 4. The van der Waals surface area contributed by atoms with Gasteiger partial charge in [-0.3, -0.25) is 5.10 Å². The van der Waals surface area contributed by atoms with Gasteiger partial charge in [-0.1, -0.05) is 0 Å². The molecule has 3 N–H and O–H groups in total. The molecule has 0 bridgehead atoms. The maximum absolute atomic E-state index is 12.0. The Morgan fingerprint density at radius 2 is 2.26 bits per heavy atom. The second-order valence-electron chi connectivity index (χ2n) is 3.83. The summed E-state index contributed by atoms with van der Waals surface area (Å²) in [6.45, 7) is 1.25. The molecule has 0 aliphatic heterocycles. The molecule has 9 heteroatoms. The molecule has 0 unspecified atom stereocenters. The summed E-state index contributed by atoms with van der Waals surface area (Å²) in [5.41, 5.74) is 1.26. The Morgan fingerprint density at radius 1 is 1.47 bits per heavy atom. The Hall–Kier alpha value is -1.84. The van der Waals surface area contributed by atoms with Crippen molar-refractivity contribution >= 4 is 10.0 Å². The van der Waals surface area contributed by atoms with Gasteiger partial charge in [0.25, 0.3) is 10.0 Å². The van der Waals surface area contributed by atoms with Crippen LogP contribution in [0.3, 0.4) is 0 Å². The average Bonchev–Trinajstić information content (AvgIpc) is 2.79. The van der Waals surface area contributed by atoms with Crippen LogP contribution < -0.4 is 4.72 Å². The van der Waals surface area contributed by atoms with Crippen LogP contribution in [0.5, 0.6) is 0 Å². The highest BCUT2D eigenvalue weighted by molar-refractivity contribution is 7.89. The first kappa shape index (κ1) is 13.6. The van der Waals surface area contributed by atoms with Gasteiger partial charge in [-0.15, -0.1) is 0 Å². The van der Waals surface area contributed by atoms with Crippen molar-refractivity contribution in [3.8, 4) is 0 Å². The number of nitrogens with one attached hydrogen (secondary N) is 2. The smallest absolute Gasteiger partial charge is 0.260 e. The predicted octanol–water partition coefficient (Wildman–Crippen LogP) is -0.521. The first-order chi connectivity index (χ1) is 9.04. The SMILES string of the molecule is Cc1[nH]nc(S(=O)(=O)NCc2cccnn2)c1CO. The minimum atomic E-state index is -3.80. The highest BCUT2D eigenvalue weighted by atomic mass is 32.2. The highest BCUT2D eigenvalue weighted by Gasteiger charge is 2.23. The van der Waals surface area contributed by atoms with Gasteiger partial charge in [0, 0.05) is 17.5 Å². The normalized spacial score (nSPS) is 11.7. The van der Waals surface area contributed by atoms with E-state index in [-0.39, 0.29) is 17.1 Å². The largest absolute Gasteiger partial charge is 0.392 e. The molecule has 0 fully saturated rings. The summed E-state index contributed by atoms with van der Waals surface area (Å²) in [7, 11) is -3.80. The van der Waals surface area contributed by atoms with Gasteiger partial charge in [0.1, 0.15) is 0 Å². The van der Waals surface area contributed by atoms with Crippen molar-refractivity contribution in [1.29, 1.82) is 0 Å². The van der Waals surface area contributed by atoms with E-state index in [9.17, 15) is 8.42 Å². The summed E-state index contributed by atoms with van der Waals surface area (Å²) in [4.78, 5) is 0. The molecule has 0 amide bonds. The van der Waals surface area contributed by atoms with Crippen molar-refractivity contribution in [1.82, 2.24) is 25.1 Å². The number of sulfonamides is 1. The third-order valence-electron chi connectivity index (χ3n) is 2.52. The van der Waals surface area contributed by atoms with Crippen molar-refractivity contribution < 1.29 is 13.5 Å². The number of H-pyrrole nitrogens is 1. The van der Waals surface area contributed by atoms with Gasteiger partial charge in [0.15, 0.2) is 5.03 Å². The minimum Gasteiger partial charge on any atom is -0.392 e. The van der Waals surface area contributed by atoms with Crippen LogP contribution in [0.15, 0.2) is 23.4 Å². The van der Waals surface area contributed by atoms with Crippen molar-refractivity contribution in [2.75, 3.05) is 0 Å². The molecule has 0 aromatic carbocycles. The van der Waals surface area contributed by atoms with Crippen molar-refractivity contribution in [3.05, 3.63) is 35.3 Å². The monoisotopic (exact) mass is 283 g/mol. The minimum absolute atomic E-state index is 0.00689. The van der Waals surface area contributed by atoms with Gasteiger partial charge in [-0.05, 0) is 19.1 Å². The van der Waals surface area contributed by atoms with Gasteiger partial charge in [-0.25, -0.2) is 13.1 Å². The summed E-state index contributed by atoms with van der Waals surface area (Å²) < 4.78 is 26.4. The molecule has 0 saturated heterocycles. The van der Waals surface area contributed by atoms with Crippen molar-refractivity contribution in [3.63, 3.8) is 0 Å². The third-order valence-corrected chi connectivity index (χ3v) is 3.89. The molecule has 0 radical (unpaired) electrons. The number of rotatable bonds is 5. The van der Waals surface area contributed by atoms with E-state index in [0.29, 0.717) is 11.4 Å². The summed E-state index contributed by atoms with van der Waals surface area (Å²) >= 11 is 0. The van der Waals surface area contributed by atoms with E-state index >= 15 is 0 Å². The molecule has 0 atom stereocenters. The van der Waals surface area contributed by atoms with Gasteiger partial charge in [0.05, 0.1) is 18.8 Å². The molecule has 0 spiro atoms. The average molecular weight is 283 g/mol. The lowest BCUT2D eigenvalue weighted by Gasteiger charge is -2.05. The Bertz CT molecular complexity index is 653. The number of hydrogen-bond acceptors (Lipinski definition) is 6. The highest BCUT2D eigenvalue weighted by Crippen LogP contribution is 2.15. The van der Waals surface area contributed by atoms with Crippen LogP contribution in [0.2, 0.25) is 0 Å². The molecule has 2 rings (SSSR count). The van der Waals surface area contributed by atoms with Crippen LogP contribution in [0.25, 0.3) is 0 Å². The first-order valence-corrected chi connectivity index (χ1v) is 6.94. The topological polar surface area (TPSA) is 121 Å². The number of aryl methyl sites for hydroxylation is 1. The molecule has 0 aliphatic rings. The quantitative estimate of drug-likeness (QED) is 0.679. The lowest BCUT2D eigenvalue weighted by Crippen LogP contribution is -2.25. The fraction of sp³-hybridized carbons (Fsp3) is 0.300. The zero-order valence-electron chi connectivity index (χ0n) is 10.2. The molecule has 19 heavy (non-hydrogen) atoms. The number of hydrogen-bond donors (Lipinski definition) is 3. The summed E-state index contributed by atoms with van der Waals surface area (Å²) in [6.07, 6.45) is 1.50. The fourth-order valence-electron chi connectivity index (χ4n) is 1.50. The second-order valence-corrected chi connectivity index (χ2v) is 5.51. The number of nitrogens with zero attached hydrogens (tertiary/aromatic N) is 3. The van der Waals surface area contributed by atoms with Gasteiger partial charge in [0.2, 0.25) is 0 Å². The van der Waals surface area contributed by atoms with Crippen LogP contribution in [-0.4, -0.2) is 33.9 Å². The van der Waals surface area contributed by atoms with E-state index in [1.165, 1.54) is 6.20 Å². The fourth-order valence-corrected chi connectivity index (χ4v) is 2.69. The first-order valence-electron chi connectivity index (χ1n) is 5.45. The summed E-state index contributed by atoms with van der Waals surface area (Å²) in [5, 5.41) is 22.6. The van der Waals surface area contributed by atoms with E-state index in [4.69, 9.17) is 5.11 Å². The molecule has 8 nitrogen and oxygen atoms in total. The van der Waals surface area contributed by atoms with Gasteiger partial charge < -0.3 is 5.11 Å². The second kappa shape index (κ2) is 5.43. The molecular formula is C10H13N5O3S. The standard InChI is InChI=1S/C10H13N5O3S/c1-7-9(6-16)10(15-13-7)19(17,18)12-5-8-3-2-4-11-14-8/h2-4,12,16H,5-6H2,1H3,(H,13,15). The number of aromatic amines is 1. The Kier molecular flexibility index (Phi) is 3.88. The Morgan fingerprint density at radius 3 is 2.89 bits per heavy atom. The summed E-state index contributed by atoms with van der Waals surface area (Å²) in [6, 6.07) is 3.31. The van der Waals surface area contributed by atoms with Crippen LogP contribution in [0, 0.1) is 6.92 Å². The van der Waals surface area contributed by atoms with Crippen LogP contribution in [0.4, 0.5) is 0 Å². The lowest BCUT2D eigenvalue weighted by molar-refractivity contribution is 0.277. The molecule has 0 aliphatic carbocycles. The van der Waals surface area contributed by atoms with E-state index in [2.05, 4.69) is 25.1 Å². The third kappa shape index (κ3) is 2.95. The predicted molar refractivity (Wildman–Crippen MR) is 65.3 cm³/mol. The molecule has 0 saturated carbocycles. The van der Waals surface area contributed by atoms with Gasteiger partial charge in [-0.2, -0.15) is 15.3 Å². The molecule has 2 aromatic rings. The Balaban J connectivity index is 2.19. The molecule has 2 heterocycles. The van der Waals surface area contributed by atoms with E-state index in [1.807, 2.05) is 0 Å². The molecule has 102 valence electrons. The molecular weight excluding hydrogens is 270 g/mol. The number of aliphatic hydroxyl groups is 1. The number of aliphatic hydroxyl groups excluding tert-OH is 1. The van der Waals surface area contributed by atoms with Crippen LogP contribution in [0.1, 0.15) is 17.0 Å². The summed E-state index contributed by atoms with van der Waals surface area (Å²) in [5.74, 6) is 0. The Labute approximate surface area is 109 Å². The maximum atomic E-state index is 12.0. The van der Waals surface area contributed by atoms with Crippen molar-refractivity contribution in [2.45, 2.75) is 25.1 Å². The maximum Gasteiger partial charge on any atom is 0.260 e. The zero-order valence-corrected chi connectivity index (χ0v) is 11.0. The van der Waals surface area contributed by atoms with E-state index in [1.54, 1.807) is 19.1 Å². The van der Waals surface area contributed by atoms with Crippen molar-refractivity contribution in [2.24, 2.45) is 0 Å².